The first-order valence-corrected chi connectivity index (χ1v) is 7.29. The smallest absolute Gasteiger partial charge is 0.248 e. The number of benzene rings is 1. The molecule has 0 spiro atoms. The third kappa shape index (κ3) is 3.74. The molecule has 1 aliphatic heterocycles. The Hall–Kier alpha value is -2.02. The van der Waals surface area contributed by atoms with Crippen molar-refractivity contribution in [1.82, 2.24) is 5.32 Å². The normalized spacial score (nSPS) is 18.8. The van der Waals surface area contributed by atoms with Crippen LogP contribution in [0.5, 0.6) is 0 Å². The number of nitrogens with one attached hydrogen (secondary N) is 2. The molecule has 1 unspecified atom stereocenters. The quantitative estimate of drug-likeness (QED) is 0.748. The highest BCUT2D eigenvalue weighted by Gasteiger charge is 2.23. The molecule has 0 bridgehead atoms. The van der Waals surface area contributed by atoms with Gasteiger partial charge >= 0.3 is 0 Å². The van der Waals surface area contributed by atoms with E-state index in [1.165, 1.54) is 6.07 Å². The van der Waals surface area contributed by atoms with Crippen LogP contribution in [-0.2, 0) is 9.59 Å². The molecular weight excluding hydrogens is 278 g/mol. The lowest BCUT2D eigenvalue weighted by Crippen LogP contribution is -2.44. The monoisotopic (exact) mass is 293 g/mol. The van der Waals surface area contributed by atoms with Gasteiger partial charge in [0.15, 0.2) is 0 Å². The van der Waals surface area contributed by atoms with E-state index >= 15 is 0 Å². The lowest BCUT2D eigenvalue weighted by Gasteiger charge is -2.15. The molecule has 1 heterocycles. The van der Waals surface area contributed by atoms with E-state index in [1.807, 2.05) is 0 Å². The summed E-state index contributed by atoms with van der Waals surface area (Å²) < 4.78 is 0. The van der Waals surface area contributed by atoms with Gasteiger partial charge in [0.2, 0.25) is 17.7 Å². The number of primary amides is 1. The molecule has 106 valence electrons. The second-order valence-corrected chi connectivity index (χ2v) is 5.53. The Morgan fingerprint density at radius 1 is 1.40 bits per heavy atom. The predicted octanol–water partition coefficient (Wildman–Crippen LogP) is 0.346. The zero-order valence-electron chi connectivity index (χ0n) is 10.7. The average Bonchev–Trinajstić information content (AvgIpc) is 2.63. The number of carbonyl (C=O) groups excluding carboxylic acids is 3. The van der Waals surface area contributed by atoms with E-state index in [4.69, 9.17) is 5.73 Å². The molecule has 20 heavy (non-hydrogen) atoms. The van der Waals surface area contributed by atoms with Gasteiger partial charge in [0, 0.05) is 29.2 Å². The second-order valence-electron chi connectivity index (χ2n) is 4.38. The lowest BCUT2D eigenvalue weighted by atomic mass is 10.2. The van der Waals surface area contributed by atoms with Crippen molar-refractivity contribution in [2.24, 2.45) is 5.73 Å². The lowest BCUT2D eigenvalue weighted by molar-refractivity contribution is -0.125. The van der Waals surface area contributed by atoms with E-state index < -0.39 is 11.9 Å². The van der Waals surface area contributed by atoms with Gasteiger partial charge in [-0.15, -0.1) is 0 Å². The highest BCUT2D eigenvalue weighted by Crippen LogP contribution is 2.14. The molecule has 6 nitrogen and oxygen atoms in total. The maximum atomic E-state index is 12.1. The molecule has 1 aromatic carbocycles. The van der Waals surface area contributed by atoms with E-state index in [1.54, 1.807) is 30.0 Å². The van der Waals surface area contributed by atoms with E-state index in [9.17, 15) is 14.4 Å². The summed E-state index contributed by atoms with van der Waals surface area (Å²) in [4.78, 5) is 34.6. The fourth-order valence-electron chi connectivity index (χ4n) is 1.80. The fraction of sp³-hybridized carbons (Fsp3) is 0.308. The Balaban J connectivity index is 2.05. The van der Waals surface area contributed by atoms with Gasteiger partial charge < -0.3 is 16.4 Å². The van der Waals surface area contributed by atoms with Gasteiger partial charge in [0.25, 0.3) is 0 Å². The van der Waals surface area contributed by atoms with Gasteiger partial charge in [-0.2, -0.15) is 11.8 Å². The Bertz CT molecular complexity index is 547. The van der Waals surface area contributed by atoms with Crippen molar-refractivity contribution in [3.8, 4) is 0 Å². The van der Waals surface area contributed by atoms with Crippen molar-refractivity contribution < 1.29 is 14.4 Å². The summed E-state index contributed by atoms with van der Waals surface area (Å²) >= 11 is 1.56. The third-order valence-electron chi connectivity index (χ3n) is 2.82. The van der Waals surface area contributed by atoms with Crippen molar-refractivity contribution in [2.45, 2.75) is 12.5 Å². The number of hydrogen-bond donors (Lipinski definition) is 3. The molecule has 4 N–H and O–H groups in total. The average molecular weight is 293 g/mol. The van der Waals surface area contributed by atoms with Crippen LogP contribution in [0.2, 0.25) is 0 Å². The van der Waals surface area contributed by atoms with Crippen LogP contribution in [-0.4, -0.2) is 35.3 Å². The van der Waals surface area contributed by atoms with Gasteiger partial charge in [0.1, 0.15) is 6.04 Å². The first kappa shape index (κ1) is 14.4. The molecule has 2 rings (SSSR count). The van der Waals surface area contributed by atoms with Gasteiger partial charge in [-0.05, 0) is 18.2 Å². The molecule has 3 amide bonds. The number of thioether (sulfide) groups is 1. The molecule has 0 radical (unpaired) electrons. The summed E-state index contributed by atoms with van der Waals surface area (Å²) in [7, 11) is 0. The van der Waals surface area contributed by atoms with Crippen molar-refractivity contribution in [3.63, 3.8) is 0 Å². The van der Waals surface area contributed by atoms with E-state index in [0.29, 0.717) is 29.2 Å². The maximum Gasteiger partial charge on any atom is 0.248 e. The molecule has 0 aliphatic carbocycles. The van der Waals surface area contributed by atoms with Crippen LogP contribution in [0.15, 0.2) is 24.3 Å². The first-order chi connectivity index (χ1) is 9.56. The molecule has 1 atom stereocenters. The molecule has 0 aromatic heterocycles. The number of carbonyl (C=O) groups is 3. The van der Waals surface area contributed by atoms with E-state index in [2.05, 4.69) is 10.6 Å². The van der Waals surface area contributed by atoms with Crippen LogP contribution in [0, 0.1) is 0 Å². The van der Waals surface area contributed by atoms with Gasteiger partial charge in [-0.25, -0.2) is 0 Å². The molecule has 7 heteroatoms. The summed E-state index contributed by atoms with van der Waals surface area (Å²) in [6.45, 7) is 0. The molecule has 1 aliphatic rings. The summed E-state index contributed by atoms with van der Waals surface area (Å²) in [6, 6.07) is 5.81. The SMILES string of the molecule is NC(=O)c1cccc(NC(=O)C2CSCCC(=O)N2)c1. The van der Waals surface area contributed by atoms with Gasteiger partial charge in [-0.3, -0.25) is 14.4 Å². The van der Waals surface area contributed by atoms with Crippen molar-refractivity contribution in [3.05, 3.63) is 29.8 Å². The first-order valence-electron chi connectivity index (χ1n) is 6.14. The van der Waals surface area contributed by atoms with Crippen molar-refractivity contribution in [1.29, 1.82) is 0 Å². The van der Waals surface area contributed by atoms with Crippen molar-refractivity contribution in [2.75, 3.05) is 16.8 Å². The minimum atomic E-state index is -0.563. The Kier molecular flexibility index (Phi) is 4.62. The third-order valence-corrected chi connectivity index (χ3v) is 3.89. The van der Waals surface area contributed by atoms with Crippen LogP contribution in [0.25, 0.3) is 0 Å². The Morgan fingerprint density at radius 3 is 2.95 bits per heavy atom. The zero-order valence-corrected chi connectivity index (χ0v) is 11.5. The summed E-state index contributed by atoms with van der Waals surface area (Å²) in [5, 5.41) is 5.35. The Labute approximate surface area is 120 Å². The van der Waals surface area contributed by atoms with Crippen LogP contribution in [0.4, 0.5) is 5.69 Å². The minimum absolute atomic E-state index is 0.124. The summed E-state index contributed by atoms with van der Waals surface area (Å²) in [5.74, 6) is 0.273. The predicted molar refractivity (Wildman–Crippen MR) is 77.5 cm³/mol. The number of amides is 3. The summed E-state index contributed by atoms with van der Waals surface area (Å²) in [5.41, 5.74) is 5.99. The Morgan fingerprint density at radius 2 is 2.20 bits per heavy atom. The van der Waals surface area contributed by atoms with Crippen LogP contribution in [0.3, 0.4) is 0 Å². The zero-order chi connectivity index (χ0) is 14.5. The van der Waals surface area contributed by atoms with E-state index in [0.717, 1.165) is 0 Å². The van der Waals surface area contributed by atoms with Crippen LogP contribution in [0.1, 0.15) is 16.8 Å². The number of nitrogens with two attached hydrogens (primary N) is 1. The minimum Gasteiger partial charge on any atom is -0.366 e. The van der Waals surface area contributed by atoms with Crippen LogP contribution < -0.4 is 16.4 Å². The van der Waals surface area contributed by atoms with E-state index in [-0.39, 0.29) is 11.8 Å². The highest BCUT2D eigenvalue weighted by molar-refractivity contribution is 7.99. The number of hydrogen-bond acceptors (Lipinski definition) is 4. The number of rotatable bonds is 3. The molecule has 1 saturated heterocycles. The van der Waals surface area contributed by atoms with Crippen LogP contribution >= 0.6 is 11.8 Å². The van der Waals surface area contributed by atoms with Crippen molar-refractivity contribution >= 4 is 35.2 Å². The molecular formula is C13H15N3O3S. The van der Waals surface area contributed by atoms with Gasteiger partial charge in [0.05, 0.1) is 0 Å². The topological polar surface area (TPSA) is 101 Å². The largest absolute Gasteiger partial charge is 0.366 e. The molecule has 1 fully saturated rings. The van der Waals surface area contributed by atoms with Gasteiger partial charge in [-0.1, -0.05) is 6.07 Å². The maximum absolute atomic E-state index is 12.1. The number of anilines is 1. The second kappa shape index (κ2) is 6.42. The standard InChI is InChI=1S/C13H15N3O3S/c14-12(18)8-2-1-3-9(6-8)15-13(19)10-7-20-5-4-11(17)16-10/h1-3,6,10H,4-5,7H2,(H2,14,18)(H,15,19)(H,16,17). The summed E-state index contributed by atoms with van der Waals surface area (Å²) in [6.07, 6.45) is 0.422. The molecule has 0 saturated carbocycles. The molecule has 1 aromatic rings. The highest BCUT2D eigenvalue weighted by atomic mass is 32.2. The fourth-order valence-corrected chi connectivity index (χ4v) is 2.76.